The lowest BCUT2D eigenvalue weighted by Crippen LogP contribution is -2.68. The smallest absolute Gasteiger partial charge is 0.504 e. The number of phenolic OH excluding ortho intramolecular Hbond substituents is 1. The molecule has 4 atom stereocenters. The fourth-order valence-electron chi connectivity index (χ4n) is 7.35. The van der Waals surface area contributed by atoms with E-state index in [2.05, 4.69) is 4.90 Å². The van der Waals surface area contributed by atoms with Gasteiger partial charge in [0, 0.05) is 18.2 Å². The second-order valence-corrected chi connectivity index (χ2v) is 13.6. The van der Waals surface area contributed by atoms with Crippen LogP contribution >= 0.6 is 0 Å². The molecule has 44 heavy (non-hydrogen) atoms. The van der Waals surface area contributed by atoms with Gasteiger partial charge < -0.3 is 29.7 Å². The molecule has 10 nitrogen and oxygen atoms in total. The van der Waals surface area contributed by atoms with Crippen LogP contribution in [0.15, 0.2) is 48.7 Å². The summed E-state index contributed by atoms with van der Waals surface area (Å²) in [4.78, 5) is 43.1. The highest BCUT2D eigenvalue weighted by Gasteiger charge is 2.62. The van der Waals surface area contributed by atoms with E-state index in [0.717, 1.165) is 19.4 Å². The van der Waals surface area contributed by atoms with E-state index >= 15 is 0 Å². The lowest BCUT2D eigenvalue weighted by molar-refractivity contribution is -0.119. The van der Waals surface area contributed by atoms with Gasteiger partial charge in [-0.25, -0.2) is 4.79 Å². The van der Waals surface area contributed by atoms with Crippen molar-refractivity contribution in [2.75, 3.05) is 6.54 Å². The maximum atomic E-state index is 13.6. The van der Waals surface area contributed by atoms with Gasteiger partial charge in [-0.05, 0) is 95.7 Å². The Labute approximate surface area is 256 Å². The molecule has 0 saturated heterocycles. The zero-order valence-corrected chi connectivity index (χ0v) is 25.6. The summed E-state index contributed by atoms with van der Waals surface area (Å²) in [6.45, 7) is 7.32. The van der Waals surface area contributed by atoms with Crippen LogP contribution in [-0.2, 0) is 16.8 Å². The number of ether oxygens (including phenoxy) is 2. The quantitative estimate of drug-likeness (QED) is 0.245. The molecule has 3 N–H and O–H groups in total. The molecule has 10 heteroatoms. The molecule has 234 valence electrons. The fraction of sp³-hybridized carbons (Fsp3) is 0.500. The van der Waals surface area contributed by atoms with Gasteiger partial charge in [0.15, 0.2) is 11.5 Å². The molecule has 0 spiro atoms. The van der Waals surface area contributed by atoms with Crippen molar-refractivity contribution in [3.63, 3.8) is 0 Å². The molecule has 0 aromatic heterocycles. The first-order valence-electron chi connectivity index (χ1n) is 15.3. The molecule has 2 aliphatic carbocycles. The third-order valence-corrected chi connectivity index (χ3v) is 9.71. The van der Waals surface area contributed by atoms with Crippen LogP contribution in [0.25, 0.3) is 0 Å². The van der Waals surface area contributed by atoms with Gasteiger partial charge in [0.05, 0.1) is 34.8 Å². The van der Waals surface area contributed by atoms with Crippen LogP contribution in [0.4, 0.5) is 4.79 Å². The first kappa shape index (κ1) is 30.1. The van der Waals surface area contributed by atoms with Crippen LogP contribution in [0.2, 0.25) is 0 Å². The molecule has 2 aliphatic heterocycles. The molecule has 2 amide bonds. The molecule has 2 aromatic carbocycles. The summed E-state index contributed by atoms with van der Waals surface area (Å²) in [5, 5.41) is 35.1. The molecule has 2 aromatic rings. The second kappa shape index (κ2) is 10.6. The summed E-state index contributed by atoms with van der Waals surface area (Å²) >= 11 is 0. The third-order valence-electron chi connectivity index (χ3n) is 9.71. The van der Waals surface area contributed by atoms with Crippen LogP contribution < -0.4 is 4.74 Å². The van der Waals surface area contributed by atoms with Crippen LogP contribution in [-0.4, -0.2) is 72.9 Å². The summed E-state index contributed by atoms with van der Waals surface area (Å²) in [6.07, 6.45) is 5.64. The number of imide groups is 1. The maximum absolute atomic E-state index is 13.6. The number of aliphatic hydroxyl groups excluding tert-OH is 1. The van der Waals surface area contributed by atoms with E-state index in [1.807, 2.05) is 19.2 Å². The van der Waals surface area contributed by atoms with Crippen molar-refractivity contribution in [2.45, 2.75) is 95.1 Å². The van der Waals surface area contributed by atoms with Crippen molar-refractivity contribution < 1.29 is 39.2 Å². The van der Waals surface area contributed by atoms with Crippen LogP contribution in [0, 0.1) is 5.92 Å². The Bertz CT molecular complexity index is 1510. The number of aliphatic hydroxyl groups is 2. The topological polar surface area (TPSA) is 137 Å². The van der Waals surface area contributed by atoms with E-state index in [4.69, 9.17) is 9.47 Å². The first-order valence-corrected chi connectivity index (χ1v) is 15.3. The van der Waals surface area contributed by atoms with Crippen molar-refractivity contribution in [1.82, 2.24) is 9.80 Å². The number of nitrogens with zero attached hydrogens (tertiary/aromatic N) is 2. The number of benzene rings is 2. The Morgan fingerprint density at radius 1 is 1.05 bits per heavy atom. The lowest BCUT2D eigenvalue weighted by Gasteiger charge is -2.59. The monoisotopic (exact) mass is 604 g/mol. The summed E-state index contributed by atoms with van der Waals surface area (Å²) in [5.74, 6) is -0.857. The molecular formula is C34H40N2O8. The molecule has 2 unspecified atom stereocenters. The van der Waals surface area contributed by atoms with Crippen molar-refractivity contribution >= 4 is 18.0 Å². The predicted octanol–water partition coefficient (Wildman–Crippen LogP) is 4.64. The molecule has 2 saturated carbocycles. The van der Waals surface area contributed by atoms with E-state index in [1.54, 1.807) is 51.1 Å². The van der Waals surface area contributed by atoms with E-state index in [9.17, 15) is 29.7 Å². The minimum Gasteiger partial charge on any atom is -0.504 e. The number of amides is 2. The van der Waals surface area contributed by atoms with Crippen molar-refractivity contribution in [3.8, 4) is 11.5 Å². The van der Waals surface area contributed by atoms with Gasteiger partial charge in [0.1, 0.15) is 5.60 Å². The third kappa shape index (κ3) is 4.84. The van der Waals surface area contributed by atoms with Crippen LogP contribution in [0.1, 0.15) is 91.6 Å². The number of aromatic hydroxyl groups is 1. The molecule has 2 heterocycles. The van der Waals surface area contributed by atoms with Gasteiger partial charge in [0.2, 0.25) is 0 Å². The SMILES string of the molecule is C[C@H]1N(CC2CC2)C=C[C@]2(c3c(CO)ccc(OC(=O)OC(C)(C)C)c3O)CC(N3C(=O)c4ccccc4C3=O)CCC12O. The summed E-state index contributed by atoms with van der Waals surface area (Å²) in [7, 11) is 0. The minimum absolute atomic E-state index is 0.0868. The highest BCUT2D eigenvalue weighted by molar-refractivity contribution is 6.21. The highest BCUT2D eigenvalue weighted by Crippen LogP contribution is 2.58. The Morgan fingerprint density at radius 2 is 1.70 bits per heavy atom. The van der Waals surface area contributed by atoms with Crippen LogP contribution in [0.3, 0.4) is 0 Å². The highest BCUT2D eigenvalue weighted by atomic mass is 16.7. The summed E-state index contributed by atoms with van der Waals surface area (Å²) < 4.78 is 10.7. The van der Waals surface area contributed by atoms with Gasteiger partial charge in [-0.2, -0.15) is 0 Å². The number of carbonyl (C=O) groups is 3. The van der Waals surface area contributed by atoms with Gasteiger partial charge in [0.25, 0.3) is 11.8 Å². The number of fused-ring (bicyclic) bond motifs is 2. The molecule has 4 aliphatic rings. The van der Waals surface area contributed by atoms with Gasteiger partial charge in [-0.1, -0.05) is 24.3 Å². The fourth-order valence-corrected chi connectivity index (χ4v) is 7.35. The average Bonchev–Trinajstić information content (AvgIpc) is 3.75. The van der Waals surface area contributed by atoms with E-state index in [1.165, 1.54) is 11.0 Å². The molecule has 2 fully saturated rings. The second-order valence-electron chi connectivity index (χ2n) is 13.6. The summed E-state index contributed by atoms with van der Waals surface area (Å²) in [5.41, 5.74) is -2.48. The lowest BCUT2D eigenvalue weighted by atomic mass is 9.54. The van der Waals surface area contributed by atoms with Crippen molar-refractivity contribution in [2.24, 2.45) is 5.92 Å². The zero-order chi connectivity index (χ0) is 31.6. The van der Waals surface area contributed by atoms with E-state index < -0.39 is 59.0 Å². The molecular weight excluding hydrogens is 564 g/mol. The number of carbonyl (C=O) groups excluding carboxylic acids is 3. The Kier molecular flexibility index (Phi) is 7.28. The number of rotatable bonds is 6. The standard InChI is InChI=1S/C34H40N2O8/c1-20-34(42)14-13-23(36-29(39)24-7-5-6-8-25(24)30(36)40)17-33(34,15-16-35(20)18-21-9-10-21)27-22(19-37)11-12-26(28(27)38)43-31(41)44-32(2,3)4/h5-8,11-12,15-16,20-21,23,37-38,42H,9-10,13-14,17-19H2,1-4H3/t20-,23?,33-,34?/m1/s1. The van der Waals surface area contributed by atoms with E-state index in [-0.39, 0.29) is 24.2 Å². The number of hydrogen-bond acceptors (Lipinski definition) is 9. The predicted molar refractivity (Wildman–Crippen MR) is 160 cm³/mol. The van der Waals surface area contributed by atoms with Crippen molar-refractivity contribution in [1.29, 1.82) is 0 Å². The van der Waals surface area contributed by atoms with Gasteiger partial charge in [-0.3, -0.25) is 14.5 Å². The van der Waals surface area contributed by atoms with Crippen LogP contribution in [0.5, 0.6) is 11.5 Å². The molecule has 0 bridgehead atoms. The molecule has 0 radical (unpaired) electrons. The van der Waals surface area contributed by atoms with Gasteiger partial charge >= 0.3 is 6.16 Å². The average molecular weight is 605 g/mol. The number of phenols is 1. The van der Waals surface area contributed by atoms with Gasteiger partial charge in [-0.15, -0.1) is 0 Å². The number of hydrogen-bond donors (Lipinski definition) is 3. The van der Waals surface area contributed by atoms with Crippen molar-refractivity contribution in [3.05, 3.63) is 70.9 Å². The first-order chi connectivity index (χ1) is 20.8. The Hall–Kier alpha value is -3.89. The van der Waals surface area contributed by atoms with E-state index in [0.29, 0.717) is 29.0 Å². The maximum Gasteiger partial charge on any atom is 0.514 e. The molecule has 6 rings (SSSR count). The normalized spacial score (nSPS) is 28.1. The Balaban J connectivity index is 1.47. The zero-order valence-electron chi connectivity index (χ0n) is 25.6. The Morgan fingerprint density at radius 3 is 2.30 bits per heavy atom. The summed E-state index contributed by atoms with van der Waals surface area (Å²) in [6, 6.07) is 8.61. The minimum atomic E-state index is -1.47. The largest absolute Gasteiger partial charge is 0.514 e.